The first kappa shape index (κ1) is 17.2. The van der Waals surface area contributed by atoms with E-state index in [-0.39, 0.29) is 11.7 Å². The van der Waals surface area contributed by atoms with Crippen LogP contribution >= 0.6 is 11.3 Å². The molecule has 2 aromatic rings. The van der Waals surface area contributed by atoms with Gasteiger partial charge in [-0.05, 0) is 26.0 Å². The van der Waals surface area contributed by atoms with Crippen molar-refractivity contribution >= 4 is 34.1 Å². The maximum Gasteiger partial charge on any atom is 0.322 e. The minimum atomic E-state index is -0.596. The lowest BCUT2D eigenvalue weighted by atomic mass is 10.3. The van der Waals surface area contributed by atoms with E-state index < -0.39 is 5.91 Å². The Morgan fingerprint density at radius 3 is 2.44 bits per heavy atom. The molecule has 0 spiro atoms. The molecule has 3 N–H and O–H groups in total. The van der Waals surface area contributed by atoms with Crippen LogP contribution in [0, 0.1) is 13.8 Å². The number of rotatable bonds is 3. The summed E-state index contributed by atoms with van der Waals surface area (Å²) < 4.78 is 0. The van der Waals surface area contributed by atoms with Crippen LogP contribution < -0.4 is 16.0 Å². The van der Waals surface area contributed by atoms with Gasteiger partial charge in [0.25, 0.3) is 5.91 Å². The molecular formula is C16H20N6O2S. The number of nitrogens with one attached hydrogen (secondary N) is 1. The monoisotopic (exact) mass is 360 g/mol. The number of aromatic nitrogens is 2. The Morgan fingerprint density at radius 1 is 1.20 bits per heavy atom. The van der Waals surface area contributed by atoms with E-state index in [0.717, 1.165) is 23.9 Å². The fraction of sp³-hybridized carbons (Fsp3) is 0.375. The minimum absolute atomic E-state index is 0.167. The summed E-state index contributed by atoms with van der Waals surface area (Å²) in [6.45, 7) is 6.82. The van der Waals surface area contributed by atoms with Crippen LogP contribution in [-0.4, -0.2) is 53.0 Å². The number of pyridine rings is 1. The zero-order valence-corrected chi connectivity index (χ0v) is 15.0. The molecular weight excluding hydrogens is 340 g/mol. The summed E-state index contributed by atoms with van der Waals surface area (Å²) in [7, 11) is 0. The number of anilines is 2. The minimum Gasteiger partial charge on any atom is -0.364 e. The van der Waals surface area contributed by atoms with E-state index in [9.17, 15) is 9.59 Å². The second-order valence-corrected chi connectivity index (χ2v) is 7.02. The van der Waals surface area contributed by atoms with Gasteiger partial charge in [-0.15, -0.1) is 11.3 Å². The molecule has 0 bridgehead atoms. The molecule has 0 atom stereocenters. The Kier molecular flexibility index (Phi) is 4.84. The van der Waals surface area contributed by atoms with Crippen LogP contribution in [0.3, 0.4) is 0 Å². The van der Waals surface area contributed by atoms with Crippen LogP contribution in [0.5, 0.6) is 0 Å². The molecule has 0 saturated carbocycles. The van der Waals surface area contributed by atoms with Crippen molar-refractivity contribution in [1.82, 2.24) is 14.9 Å². The highest BCUT2D eigenvalue weighted by molar-refractivity contribution is 7.15. The third-order valence-electron chi connectivity index (χ3n) is 4.12. The molecule has 3 rings (SSSR count). The van der Waals surface area contributed by atoms with Crippen LogP contribution in [-0.2, 0) is 0 Å². The number of primary amides is 1. The van der Waals surface area contributed by atoms with E-state index >= 15 is 0 Å². The number of nitrogens with zero attached hydrogens (tertiary/aromatic N) is 4. The summed E-state index contributed by atoms with van der Waals surface area (Å²) in [5, 5.41) is 3.80. The van der Waals surface area contributed by atoms with Crippen LogP contribution in [0.4, 0.5) is 15.6 Å². The molecule has 9 heteroatoms. The zero-order valence-electron chi connectivity index (χ0n) is 14.2. The lowest BCUT2D eigenvalue weighted by Gasteiger charge is -2.34. The van der Waals surface area contributed by atoms with Gasteiger partial charge in [0, 0.05) is 31.1 Å². The predicted molar refractivity (Wildman–Crippen MR) is 97.1 cm³/mol. The maximum atomic E-state index is 12.4. The third-order valence-corrected chi connectivity index (χ3v) is 5.26. The number of carbonyl (C=O) groups excluding carboxylic acids is 2. The highest BCUT2D eigenvalue weighted by Gasteiger charge is 2.23. The number of nitrogens with two attached hydrogens (primary N) is 1. The molecule has 0 unspecified atom stereocenters. The number of hydrogen-bond acceptors (Lipinski definition) is 6. The molecule has 3 amide bonds. The summed E-state index contributed by atoms with van der Waals surface area (Å²) in [5.41, 5.74) is 6.91. The quantitative estimate of drug-likeness (QED) is 0.865. The van der Waals surface area contributed by atoms with Crippen LogP contribution in [0.15, 0.2) is 18.3 Å². The number of hydrogen-bond donors (Lipinski definition) is 2. The standard InChI is InChI=1S/C16H20N6O2S/c1-10-11(2)25-16(19-10)22-7-5-21(6-8-22)15(24)20-12-3-4-13(14(17)23)18-9-12/h3-4,9H,5-8H2,1-2H3,(H2,17,23)(H,20,24). The largest absolute Gasteiger partial charge is 0.364 e. The fourth-order valence-corrected chi connectivity index (χ4v) is 3.47. The van der Waals surface area contributed by atoms with Gasteiger partial charge in [-0.25, -0.2) is 14.8 Å². The molecule has 1 aliphatic heterocycles. The average Bonchev–Trinajstić information content (AvgIpc) is 2.94. The molecule has 8 nitrogen and oxygen atoms in total. The number of aryl methyl sites for hydroxylation is 2. The summed E-state index contributed by atoms with van der Waals surface area (Å²) >= 11 is 1.69. The Hall–Kier alpha value is -2.68. The molecule has 1 fully saturated rings. The first-order valence-corrected chi connectivity index (χ1v) is 8.76. The van der Waals surface area contributed by atoms with E-state index in [1.165, 1.54) is 17.1 Å². The Bertz CT molecular complexity index is 761. The summed E-state index contributed by atoms with van der Waals surface area (Å²) in [6, 6.07) is 2.92. The lowest BCUT2D eigenvalue weighted by molar-refractivity contribution is 0.0995. The normalized spacial score (nSPS) is 14.5. The Balaban J connectivity index is 1.55. The van der Waals surface area contributed by atoms with Gasteiger partial charge in [0.2, 0.25) is 0 Å². The molecule has 1 aliphatic rings. The van der Waals surface area contributed by atoms with Gasteiger partial charge in [-0.1, -0.05) is 0 Å². The highest BCUT2D eigenvalue weighted by Crippen LogP contribution is 2.26. The summed E-state index contributed by atoms with van der Waals surface area (Å²) in [4.78, 5) is 37.0. The van der Waals surface area contributed by atoms with Crippen molar-refractivity contribution in [1.29, 1.82) is 0 Å². The smallest absolute Gasteiger partial charge is 0.322 e. The third kappa shape index (κ3) is 3.87. The number of urea groups is 1. The summed E-state index contributed by atoms with van der Waals surface area (Å²) in [5.74, 6) is -0.596. The number of thiazole rings is 1. The van der Waals surface area contributed by atoms with Crippen molar-refractivity contribution < 1.29 is 9.59 Å². The van der Waals surface area contributed by atoms with Crippen molar-refractivity contribution in [3.63, 3.8) is 0 Å². The molecule has 1 saturated heterocycles. The van der Waals surface area contributed by atoms with Crippen molar-refractivity contribution in [3.05, 3.63) is 34.6 Å². The van der Waals surface area contributed by atoms with Gasteiger partial charge in [0.15, 0.2) is 5.13 Å². The second-order valence-electron chi connectivity index (χ2n) is 5.84. The SMILES string of the molecule is Cc1nc(N2CCN(C(=O)Nc3ccc(C(N)=O)nc3)CC2)sc1C. The predicted octanol–water partition coefficient (Wildman–Crippen LogP) is 1.61. The highest BCUT2D eigenvalue weighted by atomic mass is 32.1. The first-order valence-electron chi connectivity index (χ1n) is 7.95. The second kappa shape index (κ2) is 7.06. The van der Waals surface area contributed by atoms with Crippen molar-refractivity contribution in [3.8, 4) is 0 Å². The lowest BCUT2D eigenvalue weighted by Crippen LogP contribution is -2.50. The maximum absolute atomic E-state index is 12.4. The number of carbonyl (C=O) groups is 2. The van der Waals surface area contributed by atoms with Gasteiger partial charge >= 0.3 is 6.03 Å². The molecule has 132 valence electrons. The molecule has 2 aromatic heterocycles. The van der Waals surface area contributed by atoms with Gasteiger partial charge in [0.1, 0.15) is 5.69 Å². The van der Waals surface area contributed by atoms with E-state index in [1.54, 1.807) is 22.3 Å². The van der Waals surface area contributed by atoms with Crippen LogP contribution in [0.1, 0.15) is 21.1 Å². The van der Waals surface area contributed by atoms with Crippen molar-refractivity contribution in [2.45, 2.75) is 13.8 Å². The van der Waals surface area contributed by atoms with Crippen molar-refractivity contribution in [2.24, 2.45) is 5.73 Å². The Morgan fingerprint density at radius 2 is 1.92 bits per heavy atom. The van der Waals surface area contributed by atoms with Crippen LogP contribution in [0.25, 0.3) is 0 Å². The molecule has 3 heterocycles. The average molecular weight is 360 g/mol. The molecule has 0 aromatic carbocycles. The fourth-order valence-electron chi connectivity index (χ4n) is 2.51. The van der Waals surface area contributed by atoms with Crippen LogP contribution in [0.2, 0.25) is 0 Å². The molecule has 0 aliphatic carbocycles. The Labute approximate surface area is 149 Å². The molecule has 0 radical (unpaired) electrons. The first-order chi connectivity index (χ1) is 11.9. The van der Waals surface area contributed by atoms with Gasteiger partial charge in [-0.3, -0.25) is 4.79 Å². The van der Waals surface area contributed by atoms with Gasteiger partial charge in [0.05, 0.1) is 17.6 Å². The van der Waals surface area contributed by atoms with Gasteiger partial charge < -0.3 is 20.9 Å². The van der Waals surface area contributed by atoms with E-state index in [2.05, 4.69) is 27.1 Å². The van der Waals surface area contributed by atoms with Crippen molar-refractivity contribution in [2.75, 3.05) is 36.4 Å². The van der Waals surface area contributed by atoms with E-state index in [1.807, 2.05) is 6.92 Å². The topological polar surface area (TPSA) is 104 Å². The van der Waals surface area contributed by atoms with E-state index in [0.29, 0.717) is 18.8 Å². The summed E-state index contributed by atoms with van der Waals surface area (Å²) in [6.07, 6.45) is 1.43. The number of piperazine rings is 1. The zero-order chi connectivity index (χ0) is 18.0. The molecule has 25 heavy (non-hydrogen) atoms. The van der Waals surface area contributed by atoms with Gasteiger partial charge in [-0.2, -0.15) is 0 Å². The number of amides is 3. The van der Waals surface area contributed by atoms with E-state index in [4.69, 9.17) is 5.73 Å².